The number of nitrogens with zero attached hydrogens (tertiary/aromatic N) is 1. The topological polar surface area (TPSA) is 50.1 Å². The van der Waals surface area contributed by atoms with Gasteiger partial charge in [0.15, 0.2) is 5.82 Å². The molecule has 78 valence electrons. The van der Waals surface area contributed by atoms with Gasteiger partial charge in [-0.05, 0) is 31.5 Å². The molecule has 0 bridgehead atoms. The Morgan fingerprint density at radius 2 is 2.27 bits per heavy atom. The first kappa shape index (κ1) is 11.2. The van der Waals surface area contributed by atoms with E-state index < -0.39 is 11.8 Å². The molecule has 0 heterocycles. The molecule has 0 fully saturated rings. The molecule has 0 saturated heterocycles. The Kier molecular flexibility index (Phi) is 3.40. The van der Waals surface area contributed by atoms with E-state index in [0.717, 1.165) is 0 Å². The third kappa shape index (κ3) is 2.32. The number of hydrogen-bond acceptors (Lipinski definition) is 3. The van der Waals surface area contributed by atoms with Gasteiger partial charge in [0.1, 0.15) is 6.07 Å². The van der Waals surface area contributed by atoms with Crippen LogP contribution in [0.1, 0.15) is 28.4 Å². The normalized spacial score (nSPS) is 9.47. The maximum absolute atomic E-state index is 13.5. The Hall–Kier alpha value is -1.89. The third-order valence-corrected chi connectivity index (χ3v) is 1.83. The van der Waals surface area contributed by atoms with Gasteiger partial charge in [-0.2, -0.15) is 5.26 Å². The maximum atomic E-state index is 13.5. The molecule has 0 atom stereocenters. The number of nitriles is 1. The largest absolute Gasteiger partial charge is 0.462 e. The number of carbonyl (C=O) groups excluding carboxylic acids is 1. The van der Waals surface area contributed by atoms with E-state index in [9.17, 15) is 9.18 Å². The molecular weight excluding hydrogens is 197 g/mol. The van der Waals surface area contributed by atoms with Gasteiger partial charge in [-0.15, -0.1) is 0 Å². The van der Waals surface area contributed by atoms with Crippen molar-refractivity contribution in [3.05, 3.63) is 34.6 Å². The molecule has 15 heavy (non-hydrogen) atoms. The summed E-state index contributed by atoms with van der Waals surface area (Å²) in [7, 11) is 0. The van der Waals surface area contributed by atoms with Crippen LogP contribution in [0.5, 0.6) is 0 Å². The second kappa shape index (κ2) is 4.56. The van der Waals surface area contributed by atoms with E-state index in [1.807, 2.05) is 0 Å². The van der Waals surface area contributed by atoms with Gasteiger partial charge in [0.2, 0.25) is 0 Å². The summed E-state index contributed by atoms with van der Waals surface area (Å²) in [5, 5.41) is 8.64. The minimum Gasteiger partial charge on any atom is -0.462 e. The molecule has 0 aliphatic carbocycles. The van der Waals surface area contributed by atoms with Gasteiger partial charge in [0.05, 0.1) is 17.7 Å². The molecular formula is C11H10FNO2. The van der Waals surface area contributed by atoms with Gasteiger partial charge >= 0.3 is 5.97 Å². The summed E-state index contributed by atoms with van der Waals surface area (Å²) in [6.07, 6.45) is 0. The van der Waals surface area contributed by atoms with Crippen molar-refractivity contribution in [1.29, 1.82) is 5.26 Å². The van der Waals surface area contributed by atoms with E-state index in [-0.39, 0.29) is 17.7 Å². The van der Waals surface area contributed by atoms with Crippen LogP contribution in [0.3, 0.4) is 0 Å². The lowest BCUT2D eigenvalue weighted by molar-refractivity contribution is 0.0521. The van der Waals surface area contributed by atoms with Crippen LogP contribution in [0.2, 0.25) is 0 Å². The lowest BCUT2D eigenvalue weighted by Gasteiger charge is -2.05. The Morgan fingerprint density at radius 1 is 1.60 bits per heavy atom. The standard InChI is InChI=1S/C11H10FNO2/c1-3-15-11(14)9-5-7(2)4-8(6-13)10(9)12/h4-5H,3H2,1-2H3. The molecule has 0 amide bonds. The van der Waals surface area contributed by atoms with Crippen LogP contribution < -0.4 is 0 Å². The average molecular weight is 207 g/mol. The van der Waals surface area contributed by atoms with Crippen molar-refractivity contribution in [3.8, 4) is 6.07 Å². The lowest BCUT2D eigenvalue weighted by atomic mass is 10.1. The lowest BCUT2D eigenvalue weighted by Crippen LogP contribution is -2.08. The number of rotatable bonds is 2. The van der Waals surface area contributed by atoms with Gasteiger partial charge < -0.3 is 4.74 Å². The van der Waals surface area contributed by atoms with Gasteiger partial charge in [0.25, 0.3) is 0 Å². The fourth-order valence-electron chi connectivity index (χ4n) is 1.21. The summed E-state index contributed by atoms with van der Waals surface area (Å²) in [6, 6.07) is 4.45. The molecule has 0 radical (unpaired) electrons. The van der Waals surface area contributed by atoms with Crippen LogP contribution in [0.15, 0.2) is 12.1 Å². The summed E-state index contributed by atoms with van der Waals surface area (Å²) in [5.74, 6) is -1.56. The Balaban J connectivity index is 3.24. The first-order valence-electron chi connectivity index (χ1n) is 4.47. The van der Waals surface area contributed by atoms with Crippen LogP contribution in [0, 0.1) is 24.1 Å². The molecule has 0 aliphatic heterocycles. The molecule has 1 rings (SSSR count). The van der Waals surface area contributed by atoms with Gasteiger partial charge in [-0.1, -0.05) is 0 Å². The minimum atomic E-state index is -0.818. The summed E-state index contributed by atoms with van der Waals surface area (Å²) >= 11 is 0. The summed E-state index contributed by atoms with van der Waals surface area (Å²) in [4.78, 5) is 11.3. The van der Waals surface area contributed by atoms with Crippen LogP contribution >= 0.6 is 0 Å². The van der Waals surface area contributed by atoms with Crippen LogP contribution in [0.25, 0.3) is 0 Å². The van der Waals surface area contributed by atoms with Crippen LogP contribution in [-0.2, 0) is 4.74 Å². The highest BCUT2D eigenvalue weighted by atomic mass is 19.1. The van der Waals surface area contributed by atoms with E-state index in [1.165, 1.54) is 12.1 Å². The molecule has 0 saturated carbocycles. The predicted octanol–water partition coefficient (Wildman–Crippen LogP) is 2.18. The fourth-order valence-corrected chi connectivity index (χ4v) is 1.21. The molecule has 1 aromatic carbocycles. The first-order chi connectivity index (χ1) is 7.10. The third-order valence-electron chi connectivity index (χ3n) is 1.83. The zero-order valence-corrected chi connectivity index (χ0v) is 8.50. The van der Waals surface area contributed by atoms with Crippen molar-refractivity contribution < 1.29 is 13.9 Å². The van der Waals surface area contributed by atoms with Crippen molar-refractivity contribution in [2.24, 2.45) is 0 Å². The smallest absolute Gasteiger partial charge is 0.341 e. The summed E-state index contributed by atoms with van der Waals surface area (Å²) in [6.45, 7) is 3.49. The second-order valence-electron chi connectivity index (χ2n) is 3.01. The molecule has 0 unspecified atom stereocenters. The Bertz CT molecular complexity index is 435. The SMILES string of the molecule is CCOC(=O)c1cc(C)cc(C#N)c1F. The quantitative estimate of drug-likeness (QED) is 0.698. The predicted molar refractivity (Wildman–Crippen MR) is 51.8 cm³/mol. The molecule has 1 aromatic rings. The fraction of sp³-hybridized carbons (Fsp3) is 0.273. The van der Waals surface area contributed by atoms with Crippen molar-refractivity contribution in [3.63, 3.8) is 0 Å². The number of benzene rings is 1. The van der Waals surface area contributed by atoms with Crippen molar-refractivity contribution in [2.75, 3.05) is 6.61 Å². The van der Waals surface area contributed by atoms with Gasteiger partial charge in [-0.3, -0.25) is 0 Å². The Morgan fingerprint density at radius 3 is 2.80 bits per heavy atom. The molecule has 0 spiro atoms. The average Bonchev–Trinajstić information content (AvgIpc) is 2.21. The highest BCUT2D eigenvalue weighted by molar-refractivity contribution is 5.90. The molecule has 4 heteroatoms. The van der Waals surface area contributed by atoms with Crippen LogP contribution in [-0.4, -0.2) is 12.6 Å². The highest BCUT2D eigenvalue weighted by Gasteiger charge is 2.16. The number of esters is 1. The van der Waals surface area contributed by atoms with E-state index in [0.29, 0.717) is 5.56 Å². The first-order valence-corrected chi connectivity index (χ1v) is 4.47. The number of halogens is 1. The van der Waals surface area contributed by atoms with Gasteiger partial charge in [0, 0.05) is 0 Å². The monoisotopic (exact) mass is 207 g/mol. The van der Waals surface area contributed by atoms with Crippen molar-refractivity contribution in [2.45, 2.75) is 13.8 Å². The van der Waals surface area contributed by atoms with E-state index in [4.69, 9.17) is 5.26 Å². The van der Waals surface area contributed by atoms with E-state index >= 15 is 0 Å². The summed E-state index contributed by atoms with van der Waals surface area (Å²) in [5.41, 5.74) is 0.322. The zero-order valence-electron chi connectivity index (χ0n) is 8.50. The van der Waals surface area contributed by atoms with E-state index in [2.05, 4.69) is 4.74 Å². The molecule has 0 N–H and O–H groups in total. The summed E-state index contributed by atoms with van der Waals surface area (Å²) < 4.78 is 18.2. The minimum absolute atomic E-state index is 0.141. The number of ether oxygens (including phenoxy) is 1. The van der Waals surface area contributed by atoms with Crippen molar-refractivity contribution >= 4 is 5.97 Å². The number of aryl methyl sites for hydroxylation is 1. The Labute approximate surface area is 87.1 Å². The number of hydrogen-bond donors (Lipinski definition) is 0. The van der Waals surface area contributed by atoms with Crippen molar-refractivity contribution in [1.82, 2.24) is 0 Å². The van der Waals surface area contributed by atoms with Gasteiger partial charge in [-0.25, -0.2) is 9.18 Å². The zero-order chi connectivity index (χ0) is 11.4. The second-order valence-corrected chi connectivity index (χ2v) is 3.01. The molecule has 0 aliphatic rings. The number of carbonyl (C=O) groups is 1. The molecule has 0 aromatic heterocycles. The highest BCUT2D eigenvalue weighted by Crippen LogP contribution is 2.16. The molecule has 3 nitrogen and oxygen atoms in total. The van der Waals surface area contributed by atoms with E-state index in [1.54, 1.807) is 19.9 Å². The maximum Gasteiger partial charge on any atom is 0.341 e. The van der Waals surface area contributed by atoms with Crippen LogP contribution in [0.4, 0.5) is 4.39 Å².